The van der Waals surface area contributed by atoms with Crippen LogP contribution in [0.3, 0.4) is 0 Å². The van der Waals surface area contributed by atoms with E-state index >= 15 is 0 Å². The van der Waals surface area contributed by atoms with Gasteiger partial charge in [-0.1, -0.05) is 6.08 Å². The Balaban J connectivity index is 3.31. The number of hydrogen-bond acceptors (Lipinski definition) is 4. The maximum Gasteiger partial charge on any atom is 0.269 e. The molecule has 0 amide bonds. The molecule has 6 nitrogen and oxygen atoms in total. The number of allylic oxidation sites excluding steroid dienone is 1. The van der Waals surface area contributed by atoms with Crippen molar-refractivity contribution in [3.63, 3.8) is 0 Å². The van der Waals surface area contributed by atoms with Crippen LogP contribution in [0.15, 0.2) is 35.7 Å². The van der Waals surface area contributed by atoms with Gasteiger partial charge in [0.1, 0.15) is 0 Å². The molecule has 0 radical (unpaired) electrons. The van der Waals surface area contributed by atoms with Crippen molar-refractivity contribution in [1.82, 2.24) is 0 Å². The van der Waals surface area contributed by atoms with Crippen LogP contribution >= 0.6 is 0 Å². The number of benzene rings is 1. The zero-order valence-corrected chi connectivity index (χ0v) is 9.81. The first-order valence-corrected chi connectivity index (χ1v) is 6.32. The van der Waals surface area contributed by atoms with Gasteiger partial charge in [-0.05, 0) is 24.5 Å². The third-order valence-electron chi connectivity index (χ3n) is 2.18. The van der Waals surface area contributed by atoms with E-state index in [0.29, 0.717) is 18.4 Å². The van der Waals surface area contributed by atoms with Crippen LogP contribution in [0.5, 0.6) is 0 Å². The minimum atomic E-state index is -3.86. The molecule has 0 aromatic heterocycles. The van der Waals surface area contributed by atoms with Gasteiger partial charge in [-0.15, -0.1) is 6.58 Å². The van der Waals surface area contributed by atoms with Crippen LogP contribution in [-0.2, 0) is 16.4 Å². The van der Waals surface area contributed by atoms with Crippen molar-refractivity contribution >= 4 is 15.7 Å². The minimum absolute atomic E-state index is 0.0787. The molecule has 1 aromatic carbocycles. The Hall–Kier alpha value is -1.73. The van der Waals surface area contributed by atoms with Crippen LogP contribution < -0.4 is 5.14 Å². The summed E-state index contributed by atoms with van der Waals surface area (Å²) in [5.74, 6) is 0. The summed E-state index contributed by atoms with van der Waals surface area (Å²) in [6, 6.07) is 3.51. The standard InChI is InChI=1S/C10H12N2O4S/c1-2-3-4-8-7-9(12(13)14)5-6-10(8)17(11,15)16/h2,5-7H,1,3-4H2,(H2,11,15,16). The van der Waals surface area contributed by atoms with Crippen LogP contribution in [0, 0.1) is 10.1 Å². The molecule has 0 unspecified atom stereocenters. The van der Waals surface area contributed by atoms with Crippen molar-refractivity contribution < 1.29 is 13.3 Å². The van der Waals surface area contributed by atoms with E-state index in [1.54, 1.807) is 6.08 Å². The van der Waals surface area contributed by atoms with E-state index in [-0.39, 0.29) is 10.6 Å². The van der Waals surface area contributed by atoms with E-state index in [2.05, 4.69) is 6.58 Å². The van der Waals surface area contributed by atoms with E-state index in [9.17, 15) is 18.5 Å². The lowest BCUT2D eigenvalue weighted by Crippen LogP contribution is -2.14. The van der Waals surface area contributed by atoms with Crippen molar-refractivity contribution in [1.29, 1.82) is 0 Å². The zero-order valence-electron chi connectivity index (χ0n) is 9.00. The molecular formula is C10H12N2O4S. The molecule has 0 atom stereocenters. The van der Waals surface area contributed by atoms with Crippen LogP contribution in [0.2, 0.25) is 0 Å². The summed E-state index contributed by atoms with van der Waals surface area (Å²) in [5.41, 5.74) is 0.179. The van der Waals surface area contributed by atoms with Crippen molar-refractivity contribution in [3.05, 3.63) is 46.5 Å². The summed E-state index contributed by atoms with van der Waals surface area (Å²) in [6.07, 6.45) is 2.46. The molecule has 0 aliphatic carbocycles. The first-order chi connectivity index (χ1) is 7.86. The molecular weight excluding hydrogens is 244 g/mol. The molecule has 92 valence electrons. The van der Waals surface area contributed by atoms with Gasteiger partial charge < -0.3 is 0 Å². The highest BCUT2D eigenvalue weighted by Gasteiger charge is 2.17. The molecule has 1 rings (SSSR count). The summed E-state index contributed by atoms with van der Waals surface area (Å²) in [6.45, 7) is 3.51. The molecule has 0 saturated carbocycles. The van der Waals surface area contributed by atoms with E-state index < -0.39 is 14.9 Å². The second-order valence-corrected chi connectivity index (χ2v) is 4.95. The molecule has 0 saturated heterocycles. The fourth-order valence-corrected chi connectivity index (χ4v) is 2.19. The summed E-state index contributed by atoms with van der Waals surface area (Å²) < 4.78 is 22.6. The van der Waals surface area contributed by atoms with Gasteiger partial charge in [-0.2, -0.15) is 0 Å². The lowest BCUT2D eigenvalue weighted by Gasteiger charge is -2.06. The van der Waals surface area contributed by atoms with Crippen LogP contribution in [-0.4, -0.2) is 13.3 Å². The maximum absolute atomic E-state index is 11.3. The predicted molar refractivity (Wildman–Crippen MR) is 63.0 cm³/mol. The van der Waals surface area contributed by atoms with Crippen molar-refractivity contribution in [3.8, 4) is 0 Å². The van der Waals surface area contributed by atoms with Gasteiger partial charge in [0.25, 0.3) is 5.69 Å². The summed E-state index contributed by atoms with van der Waals surface area (Å²) >= 11 is 0. The molecule has 0 aliphatic heterocycles. The summed E-state index contributed by atoms with van der Waals surface area (Å²) in [7, 11) is -3.86. The van der Waals surface area contributed by atoms with Crippen LogP contribution in [0.1, 0.15) is 12.0 Å². The highest BCUT2D eigenvalue weighted by Crippen LogP contribution is 2.22. The largest absolute Gasteiger partial charge is 0.269 e. The zero-order chi connectivity index (χ0) is 13.1. The Morgan fingerprint density at radius 3 is 2.59 bits per heavy atom. The fourth-order valence-electron chi connectivity index (χ4n) is 1.41. The molecule has 0 heterocycles. The third kappa shape index (κ3) is 3.36. The Morgan fingerprint density at radius 1 is 1.47 bits per heavy atom. The molecule has 2 N–H and O–H groups in total. The van der Waals surface area contributed by atoms with Gasteiger partial charge in [0.15, 0.2) is 0 Å². The molecule has 17 heavy (non-hydrogen) atoms. The normalized spacial score (nSPS) is 11.1. The summed E-state index contributed by atoms with van der Waals surface area (Å²) in [4.78, 5) is 9.93. The summed E-state index contributed by atoms with van der Waals surface area (Å²) in [5, 5.41) is 15.6. The lowest BCUT2D eigenvalue weighted by atomic mass is 10.1. The Morgan fingerprint density at radius 2 is 2.12 bits per heavy atom. The van der Waals surface area contributed by atoms with Crippen LogP contribution in [0.4, 0.5) is 5.69 Å². The third-order valence-corrected chi connectivity index (χ3v) is 3.19. The number of nitro benzene ring substituents is 1. The maximum atomic E-state index is 11.3. The highest BCUT2D eigenvalue weighted by molar-refractivity contribution is 7.89. The number of hydrogen-bond donors (Lipinski definition) is 1. The number of aryl methyl sites for hydroxylation is 1. The second kappa shape index (κ2) is 5.07. The van der Waals surface area contributed by atoms with Crippen LogP contribution in [0.25, 0.3) is 0 Å². The van der Waals surface area contributed by atoms with Gasteiger partial charge in [-0.3, -0.25) is 10.1 Å². The van der Waals surface area contributed by atoms with Crippen molar-refractivity contribution in [2.45, 2.75) is 17.7 Å². The first kappa shape index (κ1) is 13.3. The molecule has 0 bridgehead atoms. The number of primary sulfonamides is 1. The Kier molecular flexibility index (Phi) is 3.97. The van der Waals surface area contributed by atoms with Gasteiger partial charge in [-0.25, -0.2) is 13.6 Å². The average Bonchev–Trinajstić information content (AvgIpc) is 2.24. The fraction of sp³-hybridized carbons (Fsp3) is 0.200. The van der Waals surface area contributed by atoms with Gasteiger partial charge in [0.2, 0.25) is 10.0 Å². The number of nitrogens with two attached hydrogens (primary N) is 1. The molecule has 1 aromatic rings. The first-order valence-electron chi connectivity index (χ1n) is 4.77. The smallest absolute Gasteiger partial charge is 0.258 e. The topological polar surface area (TPSA) is 103 Å². The number of sulfonamides is 1. The Bertz CT molecular complexity index is 551. The Labute approximate surface area is 99.0 Å². The quantitative estimate of drug-likeness (QED) is 0.488. The van der Waals surface area contributed by atoms with E-state index in [1.165, 1.54) is 6.07 Å². The SMILES string of the molecule is C=CCCc1cc([N+](=O)[O-])ccc1S(N)(=O)=O. The van der Waals surface area contributed by atoms with E-state index in [4.69, 9.17) is 5.14 Å². The van der Waals surface area contributed by atoms with E-state index in [1.807, 2.05) is 0 Å². The van der Waals surface area contributed by atoms with Crippen molar-refractivity contribution in [2.75, 3.05) is 0 Å². The molecule has 7 heteroatoms. The van der Waals surface area contributed by atoms with Crippen molar-refractivity contribution in [2.24, 2.45) is 5.14 Å². The molecule has 0 spiro atoms. The van der Waals surface area contributed by atoms with Gasteiger partial charge >= 0.3 is 0 Å². The number of nitrogens with zero attached hydrogens (tertiary/aromatic N) is 1. The van der Waals surface area contributed by atoms with Gasteiger partial charge in [0, 0.05) is 12.1 Å². The monoisotopic (exact) mass is 256 g/mol. The highest BCUT2D eigenvalue weighted by atomic mass is 32.2. The molecule has 0 aliphatic rings. The van der Waals surface area contributed by atoms with Gasteiger partial charge in [0.05, 0.1) is 9.82 Å². The number of non-ortho nitro benzene ring substituents is 1. The van der Waals surface area contributed by atoms with E-state index in [0.717, 1.165) is 12.1 Å². The predicted octanol–water partition coefficient (Wildman–Crippen LogP) is 1.36. The second-order valence-electron chi connectivity index (χ2n) is 3.42. The lowest BCUT2D eigenvalue weighted by molar-refractivity contribution is -0.385. The average molecular weight is 256 g/mol. The minimum Gasteiger partial charge on any atom is -0.258 e. The number of rotatable bonds is 5. The molecule has 0 fully saturated rings. The number of nitro groups is 1.